The molecule has 4 nitrogen and oxygen atoms in total. The zero-order valence-electron chi connectivity index (χ0n) is 15.7. The first-order valence-electron chi connectivity index (χ1n) is 9.16. The van der Waals surface area contributed by atoms with Crippen molar-refractivity contribution in [1.29, 1.82) is 0 Å². The van der Waals surface area contributed by atoms with Crippen molar-refractivity contribution in [1.82, 2.24) is 5.32 Å². The fourth-order valence-electron chi connectivity index (χ4n) is 3.25. The van der Waals surface area contributed by atoms with Crippen LogP contribution in [0, 0.1) is 17.8 Å². The second kappa shape index (κ2) is 9.27. The molecular formula is C20H30N2O2S. The van der Waals surface area contributed by atoms with Crippen LogP contribution >= 0.6 is 11.8 Å². The number of rotatable bonds is 6. The molecule has 2 amide bonds. The molecule has 0 aliphatic heterocycles. The molecule has 1 aliphatic carbocycles. The fraction of sp³-hybridized carbons (Fsp3) is 0.600. The normalized spacial score (nSPS) is 21.6. The molecule has 0 saturated heterocycles. The number of anilines is 1. The molecule has 0 bridgehead atoms. The van der Waals surface area contributed by atoms with Gasteiger partial charge < -0.3 is 10.6 Å². The third-order valence-corrected chi connectivity index (χ3v) is 5.70. The molecule has 1 aromatic rings. The summed E-state index contributed by atoms with van der Waals surface area (Å²) in [6.45, 7) is 6.17. The molecule has 1 aromatic carbocycles. The maximum Gasteiger partial charge on any atom is 0.247 e. The Kier molecular flexibility index (Phi) is 7.36. The minimum Gasteiger partial charge on any atom is -0.344 e. The van der Waals surface area contributed by atoms with Crippen molar-refractivity contribution in [2.75, 3.05) is 11.6 Å². The zero-order valence-corrected chi connectivity index (χ0v) is 16.5. The highest BCUT2D eigenvalue weighted by Gasteiger charge is 2.29. The van der Waals surface area contributed by atoms with Gasteiger partial charge in [0.25, 0.3) is 0 Å². The summed E-state index contributed by atoms with van der Waals surface area (Å²) in [4.78, 5) is 26.4. The summed E-state index contributed by atoms with van der Waals surface area (Å²) in [5.41, 5.74) is 0.767. The maximum absolute atomic E-state index is 12.7. The van der Waals surface area contributed by atoms with E-state index in [1.54, 1.807) is 11.8 Å². The van der Waals surface area contributed by atoms with Crippen molar-refractivity contribution in [3.63, 3.8) is 0 Å². The molecule has 0 heterocycles. The van der Waals surface area contributed by atoms with E-state index in [1.807, 2.05) is 44.4 Å². The Morgan fingerprint density at radius 3 is 2.44 bits per heavy atom. The minimum atomic E-state index is -0.509. The molecule has 5 heteroatoms. The molecule has 25 heavy (non-hydrogen) atoms. The van der Waals surface area contributed by atoms with Gasteiger partial charge in [0.1, 0.15) is 6.04 Å². The molecular weight excluding hydrogens is 332 g/mol. The SMILES string of the molecule is CSc1cccc(NC(=O)[C@@H](NC(=O)C2CCC(C)CC2)C(C)C)c1. The van der Waals surface area contributed by atoms with Crippen LogP contribution < -0.4 is 10.6 Å². The standard InChI is InChI=1S/C20H30N2O2S/c1-13(2)18(22-19(23)15-10-8-14(3)9-11-15)20(24)21-16-6-5-7-17(12-16)25-4/h5-7,12-15,18H,8-11H2,1-4H3,(H,21,24)(H,22,23)/t14?,15?,18-/m0/s1. The molecule has 1 aliphatic rings. The van der Waals surface area contributed by atoms with Gasteiger partial charge in [0.15, 0.2) is 0 Å². The Bertz CT molecular complexity index is 595. The number of carbonyl (C=O) groups is 2. The van der Waals surface area contributed by atoms with Crippen LogP contribution in [0.5, 0.6) is 0 Å². The molecule has 0 radical (unpaired) electrons. The monoisotopic (exact) mass is 362 g/mol. The van der Waals surface area contributed by atoms with Crippen LogP contribution in [0.1, 0.15) is 46.5 Å². The van der Waals surface area contributed by atoms with E-state index in [9.17, 15) is 9.59 Å². The predicted molar refractivity (Wildman–Crippen MR) is 105 cm³/mol. The number of amides is 2. The van der Waals surface area contributed by atoms with Gasteiger partial charge in [-0.05, 0) is 62.0 Å². The van der Waals surface area contributed by atoms with E-state index in [0.717, 1.165) is 36.3 Å². The number of hydrogen-bond acceptors (Lipinski definition) is 3. The first-order valence-corrected chi connectivity index (χ1v) is 10.4. The first kappa shape index (κ1) is 19.8. The largest absolute Gasteiger partial charge is 0.344 e. The summed E-state index contributed by atoms with van der Waals surface area (Å²) in [7, 11) is 0. The van der Waals surface area contributed by atoms with Crippen LogP contribution in [0.4, 0.5) is 5.69 Å². The molecule has 1 saturated carbocycles. The predicted octanol–water partition coefficient (Wildman–Crippen LogP) is 4.31. The third kappa shape index (κ3) is 5.77. The van der Waals surface area contributed by atoms with Gasteiger partial charge in [0.2, 0.25) is 11.8 Å². The lowest BCUT2D eigenvalue weighted by molar-refractivity contribution is -0.131. The molecule has 1 atom stereocenters. The van der Waals surface area contributed by atoms with Crippen molar-refractivity contribution < 1.29 is 9.59 Å². The van der Waals surface area contributed by atoms with Gasteiger partial charge >= 0.3 is 0 Å². The van der Waals surface area contributed by atoms with E-state index in [0.29, 0.717) is 5.92 Å². The van der Waals surface area contributed by atoms with E-state index in [-0.39, 0.29) is 23.7 Å². The zero-order chi connectivity index (χ0) is 18.4. The quantitative estimate of drug-likeness (QED) is 0.741. The summed E-state index contributed by atoms with van der Waals surface area (Å²) in [6.07, 6.45) is 6.05. The average Bonchev–Trinajstić information content (AvgIpc) is 2.59. The van der Waals surface area contributed by atoms with Gasteiger partial charge in [-0.2, -0.15) is 0 Å². The van der Waals surface area contributed by atoms with Gasteiger partial charge in [-0.15, -0.1) is 11.8 Å². The Balaban J connectivity index is 1.99. The van der Waals surface area contributed by atoms with Crippen molar-refractivity contribution >= 4 is 29.3 Å². The van der Waals surface area contributed by atoms with E-state index in [1.165, 1.54) is 0 Å². The van der Waals surface area contributed by atoms with Crippen molar-refractivity contribution in [3.8, 4) is 0 Å². The lowest BCUT2D eigenvalue weighted by Gasteiger charge is -2.28. The molecule has 2 N–H and O–H groups in total. The minimum absolute atomic E-state index is 0.0265. The smallest absolute Gasteiger partial charge is 0.247 e. The van der Waals surface area contributed by atoms with Crippen LogP contribution in [-0.4, -0.2) is 24.1 Å². The summed E-state index contributed by atoms with van der Waals surface area (Å²) >= 11 is 1.63. The van der Waals surface area contributed by atoms with E-state index in [4.69, 9.17) is 0 Å². The molecule has 0 unspecified atom stereocenters. The Hall–Kier alpha value is -1.49. The number of benzene rings is 1. The molecule has 1 fully saturated rings. The highest BCUT2D eigenvalue weighted by molar-refractivity contribution is 7.98. The van der Waals surface area contributed by atoms with E-state index < -0.39 is 6.04 Å². The fourth-order valence-corrected chi connectivity index (χ4v) is 3.71. The molecule has 0 spiro atoms. The van der Waals surface area contributed by atoms with Crippen LogP contribution in [0.3, 0.4) is 0 Å². The van der Waals surface area contributed by atoms with Crippen molar-refractivity contribution in [3.05, 3.63) is 24.3 Å². The van der Waals surface area contributed by atoms with E-state index in [2.05, 4.69) is 17.6 Å². The number of carbonyl (C=O) groups excluding carboxylic acids is 2. The highest BCUT2D eigenvalue weighted by Crippen LogP contribution is 2.28. The van der Waals surface area contributed by atoms with Gasteiger partial charge in [-0.25, -0.2) is 0 Å². The second-order valence-corrected chi connectivity index (χ2v) is 8.29. The molecule has 2 rings (SSSR count). The van der Waals surface area contributed by atoms with Crippen LogP contribution in [0.2, 0.25) is 0 Å². The molecule has 138 valence electrons. The summed E-state index contributed by atoms with van der Waals surface area (Å²) in [5.74, 6) is 0.668. The number of nitrogens with one attached hydrogen (secondary N) is 2. The van der Waals surface area contributed by atoms with Gasteiger partial charge in [0, 0.05) is 16.5 Å². The average molecular weight is 363 g/mol. The summed E-state index contributed by atoms with van der Waals surface area (Å²) in [6, 6.07) is 7.24. The lowest BCUT2D eigenvalue weighted by Crippen LogP contribution is -2.49. The van der Waals surface area contributed by atoms with Gasteiger partial charge in [0.05, 0.1) is 0 Å². The third-order valence-electron chi connectivity index (χ3n) is 4.97. The lowest BCUT2D eigenvalue weighted by atomic mass is 9.82. The van der Waals surface area contributed by atoms with Gasteiger partial charge in [-0.3, -0.25) is 9.59 Å². The summed E-state index contributed by atoms with van der Waals surface area (Å²) in [5, 5.41) is 5.94. The topological polar surface area (TPSA) is 58.2 Å². The van der Waals surface area contributed by atoms with Crippen LogP contribution in [0.25, 0.3) is 0 Å². The summed E-state index contributed by atoms with van der Waals surface area (Å²) < 4.78 is 0. The maximum atomic E-state index is 12.7. The van der Waals surface area contributed by atoms with E-state index >= 15 is 0 Å². The van der Waals surface area contributed by atoms with Crippen molar-refractivity contribution in [2.45, 2.75) is 57.4 Å². The van der Waals surface area contributed by atoms with Gasteiger partial charge in [-0.1, -0.05) is 26.8 Å². The number of hydrogen-bond donors (Lipinski definition) is 2. The van der Waals surface area contributed by atoms with Crippen LogP contribution in [-0.2, 0) is 9.59 Å². The first-order chi connectivity index (χ1) is 11.9. The van der Waals surface area contributed by atoms with Crippen LogP contribution in [0.15, 0.2) is 29.2 Å². The Morgan fingerprint density at radius 1 is 1.16 bits per heavy atom. The van der Waals surface area contributed by atoms with Crippen molar-refractivity contribution in [2.24, 2.45) is 17.8 Å². The highest BCUT2D eigenvalue weighted by atomic mass is 32.2. The Morgan fingerprint density at radius 2 is 1.84 bits per heavy atom. The second-order valence-electron chi connectivity index (χ2n) is 7.41. The molecule has 0 aromatic heterocycles. The Labute approximate surface area is 155 Å². The number of thioether (sulfide) groups is 1.